The predicted octanol–water partition coefficient (Wildman–Crippen LogP) is 0.806. The molecule has 0 aromatic heterocycles. The smallest absolute Gasteiger partial charge is 0.312 e. The molecule has 0 unspecified atom stereocenters. The van der Waals surface area contributed by atoms with Gasteiger partial charge in [-0.05, 0) is 12.0 Å². The van der Waals surface area contributed by atoms with Crippen LogP contribution in [-0.4, -0.2) is 17.5 Å². The van der Waals surface area contributed by atoms with E-state index < -0.39 is 11.0 Å². The fraction of sp³-hybridized carbons (Fsp3) is 0.222. The van der Waals surface area contributed by atoms with Crippen molar-refractivity contribution in [3.8, 4) is 0 Å². The number of nitro groups is 1. The molecule has 0 radical (unpaired) electrons. The Kier molecular flexibility index (Phi) is 3.61. The van der Waals surface area contributed by atoms with E-state index >= 15 is 0 Å². The molecule has 0 saturated carbocycles. The molecule has 0 atom stereocenters. The second-order valence-electron chi connectivity index (χ2n) is 2.97. The second-order valence-corrected chi connectivity index (χ2v) is 2.97. The van der Waals surface area contributed by atoms with Gasteiger partial charge >= 0.3 is 6.03 Å². The number of urea groups is 1. The number of nitrogens with one attached hydrogen (secondary N) is 1. The van der Waals surface area contributed by atoms with Crippen LogP contribution < -0.4 is 11.1 Å². The number of nitrogens with two attached hydrogens (primary N) is 1. The summed E-state index contributed by atoms with van der Waals surface area (Å²) in [5.74, 6) is 0. The lowest BCUT2D eigenvalue weighted by molar-refractivity contribution is -0.384. The Labute approximate surface area is 86.2 Å². The molecule has 6 heteroatoms. The molecule has 0 aliphatic rings. The fourth-order valence-electron chi connectivity index (χ4n) is 1.16. The first-order valence-corrected chi connectivity index (χ1v) is 4.36. The van der Waals surface area contributed by atoms with Crippen LogP contribution in [0.1, 0.15) is 5.56 Å². The highest BCUT2D eigenvalue weighted by molar-refractivity contribution is 5.71. The summed E-state index contributed by atoms with van der Waals surface area (Å²) < 4.78 is 0. The average Bonchev–Trinajstić information content (AvgIpc) is 2.17. The number of primary amides is 1. The molecule has 0 heterocycles. The molecule has 0 saturated heterocycles. The van der Waals surface area contributed by atoms with Crippen LogP contribution in [0.3, 0.4) is 0 Å². The third kappa shape index (κ3) is 3.63. The number of nitrogens with zero attached hydrogens (tertiary/aromatic N) is 1. The third-order valence-corrected chi connectivity index (χ3v) is 1.83. The van der Waals surface area contributed by atoms with Gasteiger partial charge in [0, 0.05) is 18.7 Å². The Morgan fingerprint density at radius 2 is 2.27 bits per heavy atom. The first-order valence-electron chi connectivity index (χ1n) is 4.36. The van der Waals surface area contributed by atoms with E-state index in [9.17, 15) is 14.9 Å². The van der Waals surface area contributed by atoms with Crippen LogP contribution in [0.15, 0.2) is 24.3 Å². The molecular formula is C9H11N3O3. The minimum atomic E-state index is -0.597. The zero-order chi connectivity index (χ0) is 11.3. The Hall–Kier alpha value is -2.11. The molecule has 0 fully saturated rings. The maximum absolute atomic E-state index is 10.5. The van der Waals surface area contributed by atoms with Crippen molar-refractivity contribution in [2.75, 3.05) is 6.54 Å². The van der Waals surface area contributed by atoms with Crippen molar-refractivity contribution in [1.82, 2.24) is 5.32 Å². The summed E-state index contributed by atoms with van der Waals surface area (Å²) in [5.41, 5.74) is 5.71. The summed E-state index contributed by atoms with van der Waals surface area (Å²) in [6, 6.07) is 5.67. The van der Waals surface area contributed by atoms with Gasteiger partial charge in [-0.2, -0.15) is 0 Å². The van der Waals surface area contributed by atoms with Crippen LogP contribution in [0.5, 0.6) is 0 Å². The van der Waals surface area contributed by atoms with Crippen LogP contribution in [0.4, 0.5) is 10.5 Å². The molecular weight excluding hydrogens is 198 g/mol. The number of non-ortho nitro benzene ring substituents is 1. The highest BCUT2D eigenvalue weighted by atomic mass is 16.6. The van der Waals surface area contributed by atoms with Crippen molar-refractivity contribution >= 4 is 11.7 Å². The molecule has 1 rings (SSSR count). The summed E-state index contributed by atoms with van der Waals surface area (Å²) >= 11 is 0. The molecule has 15 heavy (non-hydrogen) atoms. The van der Waals surface area contributed by atoms with Crippen LogP contribution in [0.2, 0.25) is 0 Å². The summed E-state index contributed by atoms with van der Waals surface area (Å²) in [7, 11) is 0. The first kappa shape index (κ1) is 11.0. The van der Waals surface area contributed by atoms with Gasteiger partial charge in [0.2, 0.25) is 0 Å². The van der Waals surface area contributed by atoms with Crippen LogP contribution >= 0.6 is 0 Å². The van der Waals surface area contributed by atoms with Crippen LogP contribution in [0, 0.1) is 10.1 Å². The Bertz CT molecular complexity index is 379. The lowest BCUT2D eigenvalue weighted by atomic mass is 10.1. The lowest BCUT2D eigenvalue weighted by Gasteiger charge is -2.01. The standard InChI is InChI=1S/C9H11N3O3/c10-9(13)11-5-4-7-2-1-3-8(6-7)12(14)15/h1-3,6H,4-5H2,(H3,10,11,13). The van der Waals surface area contributed by atoms with Crippen molar-refractivity contribution in [2.24, 2.45) is 5.73 Å². The molecule has 0 aliphatic heterocycles. The zero-order valence-electron chi connectivity index (χ0n) is 7.97. The molecule has 3 N–H and O–H groups in total. The number of benzene rings is 1. The number of carbonyl (C=O) groups is 1. The van der Waals surface area contributed by atoms with E-state index in [-0.39, 0.29) is 5.69 Å². The van der Waals surface area contributed by atoms with E-state index in [0.29, 0.717) is 13.0 Å². The number of nitro benzene ring substituents is 1. The van der Waals surface area contributed by atoms with Crippen molar-refractivity contribution in [2.45, 2.75) is 6.42 Å². The lowest BCUT2D eigenvalue weighted by Crippen LogP contribution is -2.30. The third-order valence-electron chi connectivity index (χ3n) is 1.83. The van der Waals surface area contributed by atoms with Crippen LogP contribution in [0.25, 0.3) is 0 Å². The first-order chi connectivity index (χ1) is 7.09. The van der Waals surface area contributed by atoms with Crippen molar-refractivity contribution in [3.63, 3.8) is 0 Å². The fourth-order valence-corrected chi connectivity index (χ4v) is 1.16. The predicted molar refractivity (Wildman–Crippen MR) is 54.4 cm³/mol. The zero-order valence-corrected chi connectivity index (χ0v) is 7.97. The number of hydrogen-bond donors (Lipinski definition) is 2. The largest absolute Gasteiger partial charge is 0.352 e. The average molecular weight is 209 g/mol. The van der Waals surface area contributed by atoms with E-state index in [1.807, 2.05) is 0 Å². The van der Waals surface area contributed by atoms with E-state index in [2.05, 4.69) is 5.32 Å². The number of rotatable bonds is 4. The normalized spacial score (nSPS) is 9.60. The van der Waals surface area contributed by atoms with Crippen LogP contribution in [-0.2, 0) is 6.42 Å². The van der Waals surface area contributed by atoms with Crippen molar-refractivity contribution in [1.29, 1.82) is 0 Å². The highest BCUT2D eigenvalue weighted by Crippen LogP contribution is 2.12. The maximum atomic E-state index is 10.5. The topological polar surface area (TPSA) is 98.3 Å². The van der Waals surface area contributed by atoms with E-state index in [4.69, 9.17) is 5.73 Å². The molecule has 1 aromatic carbocycles. The van der Waals surface area contributed by atoms with Crippen molar-refractivity contribution in [3.05, 3.63) is 39.9 Å². The van der Waals surface area contributed by atoms with E-state index in [1.165, 1.54) is 12.1 Å². The Morgan fingerprint density at radius 3 is 2.87 bits per heavy atom. The molecule has 6 nitrogen and oxygen atoms in total. The monoisotopic (exact) mass is 209 g/mol. The van der Waals surface area contributed by atoms with Gasteiger partial charge in [0.25, 0.3) is 5.69 Å². The molecule has 1 aromatic rings. The molecule has 2 amide bonds. The summed E-state index contributed by atoms with van der Waals surface area (Å²) in [6.45, 7) is 0.372. The van der Waals surface area contributed by atoms with E-state index in [0.717, 1.165) is 5.56 Å². The second kappa shape index (κ2) is 4.94. The summed E-state index contributed by atoms with van der Waals surface area (Å²) in [6.07, 6.45) is 0.518. The molecule has 0 bridgehead atoms. The SMILES string of the molecule is NC(=O)NCCc1cccc([N+](=O)[O-])c1. The van der Waals surface area contributed by atoms with Gasteiger partial charge in [-0.3, -0.25) is 10.1 Å². The maximum Gasteiger partial charge on any atom is 0.312 e. The highest BCUT2D eigenvalue weighted by Gasteiger charge is 2.05. The van der Waals surface area contributed by atoms with Gasteiger partial charge in [0.1, 0.15) is 0 Å². The van der Waals surface area contributed by atoms with Gasteiger partial charge in [0.15, 0.2) is 0 Å². The van der Waals surface area contributed by atoms with E-state index in [1.54, 1.807) is 12.1 Å². The van der Waals surface area contributed by atoms with Crippen molar-refractivity contribution < 1.29 is 9.72 Å². The van der Waals surface area contributed by atoms with Gasteiger partial charge in [-0.1, -0.05) is 12.1 Å². The van der Waals surface area contributed by atoms with Gasteiger partial charge in [0.05, 0.1) is 4.92 Å². The number of carbonyl (C=O) groups excluding carboxylic acids is 1. The molecule has 0 spiro atoms. The van der Waals surface area contributed by atoms with Gasteiger partial charge in [-0.15, -0.1) is 0 Å². The Balaban J connectivity index is 2.58. The quantitative estimate of drug-likeness (QED) is 0.566. The minimum Gasteiger partial charge on any atom is -0.352 e. The van der Waals surface area contributed by atoms with Gasteiger partial charge < -0.3 is 11.1 Å². The molecule has 80 valence electrons. The number of hydrogen-bond acceptors (Lipinski definition) is 3. The minimum absolute atomic E-state index is 0.0478. The summed E-state index contributed by atoms with van der Waals surface area (Å²) in [4.78, 5) is 20.4. The summed E-state index contributed by atoms with van der Waals surface area (Å²) in [5, 5.41) is 12.9. The van der Waals surface area contributed by atoms with Gasteiger partial charge in [-0.25, -0.2) is 4.79 Å². The Morgan fingerprint density at radius 1 is 1.53 bits per heavy atom. The number of amides is 2. The molecule has 0 aliphatic carbocycles.